The van der Waals surface area contributed by atoms with Crippen LogP contribution < -0.4 is 4.74 Å². The minimum Gasteiger partial charge on any atom is -0.493 e. The summed E-state index contributed by atoms with van der Waals surface area (Å²) in [4.78, 5) is 27.9. The van der Waals surface area contributed by atoms with Crippen LogP contribution in [0.4, 0.5) is 0 Å². The Morgan fingerprint density at radius 2 is 1.63 bits per heavy atom. The highest BCUT2D eigenvalue weighted by molar-refractivity contribution is 5.79. The SMILES string of the molecule is COCCOCC(=O)N1CCN(C(=O)CCCOc2ccccc2C)CC1. The van der Waals surface area contributed by atoms with Gasteiger partial charge in [0.1, 0.15) is 12.4 Å². The van der Waals surface area contributed by atoms with Crippen molar-refractivity contribution in [2.45, 2.75) is 19.8 Å². The monoisotopic (exact) mass is 378 g/mol. The summed E-state index contributed by atoms with van der Waals surface area (Å²) < 4.78 is 15.9. The number of nitrogens with zero attached hydrogens (tertiary/aromatic N) is 2. The van der Waals surface area contributed by atoms with Gasteiger partial charge < -0.3 is 24.0 Å². The van der Waals surface area contributed by atoms with Crippen LogP contribution in [0.2, 0.25) is 0 Å². The first kappa shape index (κ1) is 21.2. The number of carbonyl (C=O) groups is 2. The number of benzene rings is 1. The molecule has 7 nitrogen and oxygen atoms in total. The Hall–Kier alpha value is -2.12. The van der Waals surface area contributed by atoms with Crippen LogP contribution >= 0.6 is 0 Å². The predicted molar refractivity (Wildman–Crippen MR) is 102 cm³/mol. The molecule has 1 aliphatic rings. The van der Waals surface area contributed by atoms with Crippen molar-refractivity contribution in [2.24, 2.45) is 0 Å². The van der Waals surface area contributed by atoms with Crippen LogP contribution in [0.3, 0.4) is 0 Å². The number of rotatable bonds is 10. The van der Waals surface area contributed by atoms with E-state index in [4.69, 9.17) is 14.2 Å². The average molecular weight is 378 g/mol. The standard InChI is InChI=1S/C20H30N2O5/c1-17-6-3-4-7-18(17)27-13-5-8-19(23)21-9-11-22(12-10-21)20(24)16-26-15-14-25-2/h3-4,6-7H,5,8-16H2,1-2H3. The van der Waals surface area contributed by atoms with E-state index in [2.05, 4.69) is 0 Å². The van der Waals surface area contributed by atoms with Crippen molar-refractivity contribution >= 4 is 11.8 Å². The van der Waals surface area contributed by atoms with Crippen molar-refractivity contribution in [2.75, 3.05) is 59.7 Å². The van der Waals surface area contributed by atoms with E-state index in [1.807, 2.05) is 36.1 Å². The molecule has 0 unspecified atom stereocenters. The number of ether oxygens (including phenoxy) is 3. The molecule has 0 bridgehead atoms. The summed E-state index contributed by atoms with van der Waals surface area (Å²) in [6.45, 7) is 5.72. The molecule has 0 aliphatic carbocycles. The lowest BCUT2D eigenvalue weighted by atomic mass is 10.2. The molecule has 1 aromatic rings. The van der Waals surface area contributed by atoms with E-state index in [0.29, 0.717) is 58.8 Å². The average Bonchev–Trinajstić information content (AvgIpc) is 2.69. The van der Waals surface area contributed by atoms with Crippen molar-refractivity contribution in [3.05, 3.63) is 29.8 Å². The molecule has 1 saturated heterocycles. The Morgan fingerprint density at radius 1 is 0.963 bits per heavy atom. The number of piperazine rings is 1. The molecular weight excluding hydrogens is 348 g/mol. The van der Waals surface area contributed by atoms with Gasteiger partial charge in [-0.15, -0.1) is 0 Å². The summed E-state index contributed by atoms with van der Waals surface area (Å²) in [6.07, 6.45) is 1.14. The van der Waals surface area contributed by atoms with E-state index in [1.54, 1.807) is 12.0 Å². The Bertz CT molecular complexity index is 600. The van der Waals surface area contributed by atoms with Crippen LogP contribution in [0.25, 0.3) is 0 Å². The molecule has 1 heterocycles. The topological polar surface area (TPSA) is 68.3 Å². The van der Waals surface area contributed by atoms with Gasteiger partial charge in [-0.3, -0.25) is 9.59 Å². The molecule has 0 spiro atoms. The van der Waals surface area contributed by atoms with Crippen LogP contribution in [0, 0.1) is 6.92 Å². The number of para-hydroxylation sites is 1. The van der Waals surface area contributed by atoms with Gasteiger partial charge in [0.05, 0.1) is 19.8 Å². The second-order valence-electron chi connectivity index (χ2n) is 6.52. The van der Waals surface area contributed by atoms with E-state index in [0.717, 1.165) is 11.3 Å². The van der Waals surface area contributed by atoms with Gasteiger partial charge >= 0.3 is 0 Å². The van der Waals surface area contributed by atoms with Crippen LogP contribution in [0.5, 0.6) is 5.75 Å². The summed E-state index contributed by atoms with van der Waals surface area (Å²) >= 11 is 0. The fourth-order valence-corrected chi connectivity index (χ4v) is 2.88. The van der Waals surface area contributed by atoms with Gasteiger partial charge in [0.25, 0.3) is 0 Å². The van der Waals surface area contributed by atoms with Crippen molar-refractivity contribution in [1.29, 1.82) is 0 Å². The maximum absolute atomic E-state index is 12.3. The zero-order valence-corrected chi connectivity index (χ0v) is 16.3. The minimum atomic E-state index is -0.0372. The normalized spacial score (nSPS) is 14.3. The van der Waals surface area contributed by atoms with E-state index >= 15 is 0 Å². The smallest absolute Gasteiger partial charge is 0.248 e. The lowest BCUT2D eigenvalue weighted by molar-refractivity contribution is -0.142. The van der Waals surface area contributed by atoms with Gasteiger partial charge in [-0.05, 0) is 25.0 Å². The second kappa shape index (κ2) is 11.6. The van der Waals surface area contributed by atoms with Crippen molar-refractivity contribution in [1.82, 2.24) is 9.80 Å². The third-order valence-electron chi connectivity index (χ3n) is 4.53. The van der Waals surface area contributed by atoms with E-state index in [9.17, 15) is 9.59 Å². The summed E-state index contributed by atoms with van der Waals surface area (Å²) in [6, 6.07) is 7.86. The second-order valence-corrected chi connectivity index (χ2v) is 6.52. The van der Waals surface area contributed by atoms with Crippen molar-refractivity contribution in [3.8, 4) is 5.75 Å². The van der Waals surface area contributed by atoms with Gasteiger partial charge in [-0.25, -0.2) is 0 Å². The fraction of sp³-hybridized carbons (Fsp3) is 0.600. The Morgan fingerprint density at radius 3 is 2.30 bits per heavy atom. The highest BCUT2D eigenvalue weighted by Crippen LogP contribution is 2.16. The summed E-state index contributed by atoms with van der Waals surface area (Å²) in [7, 11) is 1.59. The first-order chi connectivity index (χ1) is 13.1. The molecule has 2 amide bonds. The maximum atomic E-state index is 12.3. The Balaban J connectivity index is 1.60. The quantitative estimate of drug-likeness (QED) is 0.577. The van der Waals surface area contributed by atoms with Crippen molar-refractivity contribution < 1.29 is 23.8 Å². The first-order valence-corrected chi connectivity index (χ1v) is 9.42. The molecule has 7 heteroatoms. The number of hydrogen-bond donors (Lipinski definition) is 0. The molecule has 27 heavy (non-hydrogen) atoms. The van der Waals surface area contributed by atoms with Gasteiger partial charge in [0.15, 0.2) is 0 Å². The van der Waals surface area contributed by atoms with E-state index < -0.39 is 0 Å². The van der Waals surface area contributed by atoms with Crippen LogP contribution in [0.1, 0.15) is 18.4 Å². The molecule has 0 atom stereocenters. The predicted octanol–water partition coefficient (Wildman–Crippen LogP) is 1.49. The van der Waals surface area contributed by atoms with Gasteiger partial charge in [0, 0.05) is 39.7 Å². The van der Waals surface area contributed by atoms with E-state index in [1.165, 1.54) is 0 Å². The lowest BCUT2D eigenvalue weighted by Crippen LogP contribution is -2.51. The number of aryl methyl sites for hydroxylation is 1. The molecule has 0 N–H and O–H groups in total. The molecular formula is C20H30N2O5. The third-order valence-corrected chi connectivity index (χ3v) is 4.53. The zero-order chi connectivity index (χ0) is 19.5. The third kappa shape index (κ3) is 7.19. The molecule has 0 radical (unpaired) electrons. The first-order valence-electron chi connectivity index (χ1n) is 9.42. The van der Waals surface area contributed by atoms with E-state index in [-0.39, 0.29) is 18.4 Å². The van der Waals surface area contributed by atoms with Crippen LogP contribution in [-0.4, -0.2) is 81.3 Å². The summed E-state index contributed by atoms with van der Waals surface area (Å²) in [5.41, 5.74) is 1.09. The highest BCUT2D eigenvalue weighted by Gasteiger charge is 2.23. The molecule has 2 rings (SSSR count). The molecule has 0 aromatic heterocycles. The Labute approximate surface area is 161 Å². The number of carbonyl (C=O) groups excluding carboxylic acids is 2. The van der Waals surface area contributed by atoms with Crippen LogP contribution in [0.15, 0.2) is 24.3 Å². The van der Waals surface area contributed by atoms with Crippen molar-refractivity contribution in [3.63, 3.8) is 0 Å². The minimum absolute atomic E-state index is 0.0372. The summed E-state index contributed by atoms with van der Waals surface area (Å²) in [5.74, 6) is 0.946. The highest BCUT2D eigenvalue weighted by atomic mass is 16.5. The molecule has 0 saturated carbocycles. The van der Waals surface area contributed by atoms with Gasteiger partial charge in [0.2, 0.25) is 11.8 Å². The van der Waals surface area contributed by atoms with Gasteiger partial charge in [-0.2, -0.15) is 0 Å². The largest absolute Gasteiger partial charge is 0.493 e. The number of methoxy groups -OCH3 is 1. The number of hydrogen-bond acceptors (Lipinski definition) is 5. The maximum Gasteiger partial charge on any atom is 0.248 e. The molecule has 1 aromatic carbocycles. The Kier molecular flexibility index (Phi) is 9.07. The lowest BCUT2D eigenvalue weighted by Gasteiger charge is -2.34. The van der Waals surface area contributed by atoms with Crippen LogP contribution in [-0.2, 0) is 19.1 Å². The number of amides is 2. The zero-order valence-electron chi connectivity index (χ0n) is 16.3. The molecule has 1 aliphatic heterocycles. The van der Waals surface area contributed by atoms with Gasteiger partial charge in [-0.1, -0.05) is 18.2 Å². The summed E-state index contributed by atoms with van der Waals surface area (Å²) in [5, 5.41) is 0. The molecule has 1 fully saturated rings. The fourth-order valence-electron chi connectivity index (χ4n) is 2.88. The molecule has 150 valence electrons.